The third-order valence-corrected chi connectivity index (χ3v) is 3.05. The van der Waals surface area contributed by atoms with E-state index in [1.165, 1.54) is 12.1 Å². The van der Waals surface area contributed by atoms with Crippen LogP contribution in [0.1, 0.15) is 5.56 Å². The van der Waals surface area contributed by atoms with Crippen LogP contribution >= 0.6 is 0 Å². The van der Waals surface area contributed by atoms with E-state index in [4.69, 9.17) is 0 Å². The van der Waals surface area contributed by atoms with Crippen molar-refractivity contribution in [2.75, 3.05) is 5.32 Å². The second-order valence-corrected chi connectivity index (χ2v) is 4.52. The average Bonchev–Trinajstić information content (AvgIpc) is 2.79. The minimum atomic E-state index is -0.236. The molecular formula is C14H13N3O3. The summed E-state index contributed by atoms with van der Waals surface area (Å²) in [5.41, 5.74) is 2.93. The maximum absolute atomic E-state index is 11.2. The first kappa shape index (κ1) is 12.2. The highest BCUT2D eigenvalue weighted by molar-refractivity contribution is 5.78. The molecule has 3 rings (SSSR count). The van der Waals surface area contributed by atoms with Gasteiger partial charge >= 0.3 is 5.69 Å². The Labute approximate surface area is 113 Å². The number of aromatic hydroxyl groups is 2. The highest BCUT2D eigenvalue weighted by atomic mass is 16.3. The number of H-pyrrole nitrogens is 2. The highest BCUT2D eigenvalue weighted by Gasteiger charge is 2.02. The monoisotopic (exact) mass is 271 g/mol. The Kier molecular flexibility index (Phi) is 2.83. The minimum Gasteiger partial charge on any atom is -0.504 e. The van der Waals surface area contributed by atoms with E-state index in [0.717, 1.165) is 22.3 Å². The molecule has 3 aromatic rings. The Balaban J connectivity index is 1.78. The maximum atomic E-state index is 11.2. The van der Waals surface area contributed by atoms with Crippen molar-refractivity contribution in [3.05, 3.63) is 52.4 Å². The van der Waals surface area contributed by atoms with E-state index in [2.05, 4.69) is 15.3 Å². The van der Waals surface area contributed by atoms with Crippen molar-refractivity contribution < 1.29 is 10.2 Å². The zero-order valence-electron chi connectivity index (χ0n) is 10.5. The number of imidazole rings is 1. The summed E-state index contributed by atoms with van der Waals surface area (Å²) >= 11 is 0. The van der Waals surface area contributed by atoms with E-state index in [9.17, 15) is 15.0 Å². The summed E-state index contributed by atoms with van der Waals surface area (Å²) in [4.78, 5) is 16.5. The van der Waals surface area contributed by atoms with E-state index >= 15 is 0 Å². The molecule has 20 heavy (non-hydrogen) atoms. The van der Waals surface area contributed by atoms with Gasteiger partial charge in [0.15, 0.2) is 11.5 Å². The fourth-order valence-electron chi connectivity index (χ4n) is 2.03. The van der Waals surface area contributed by atoms with Gasteiger partial charge in [0.05, 0.1) is 11.0 Å². The summed E-state index contributed by atoms with van der Waals surface area (Å²) in [7, 11) is 0. The Hall–Kier alpha value is -2.89. The third kappa shape index (κ3) is 2.31. The van der Waals surface area contributed by atoms with Crippen molar-refractivity contribution in [3.8, 4) is 11.5 Å². The largest absolute Gasteiger partial charge is 0.504 e. The van der Waals surface area contributed by atoms with Crippen LogP contribution in [0.5, 0.6) is 11.5 Å². The van der Waals surface area contributed by atoms with Crippen molar-refractivity contribution in [3.63, 3.8) is 0 Å². The van der Waals surface area contributed by atoms with Crippen LogP contribution in [0.15, 0.2) is 41.2 Å². The molecule has 0 saturated carbocycles. The molecule has 0 bridgehead atoms. The van der Waals surface area contributed by atoms with Gasteiger partial charge in [0.1, 0.15) is 0 Å². The van der Waals surface area contributed by atoms with Crippen molar-refractivity contribution in [2.45, 2.75) is 6.54 Å². The average molecular weight is 271 g/mol. The topological polar surface area (TPSA) is 101 Å². The Bertz CT molecular complexity index is 820. The first-order chi connectivity index (χ1) is 9.61. The van der Waals surface area contributed by atoms with Gasteiger partial charge in [-0.1, -0.05) is 6.07 Å². The lowest BCUT2D eigenvalue weighted by Gasteiger charge is -2.07. The van der Waals surface area contributed by atoms with Gasteiger partial charge in [-0.3, -0.25) is 0 Å². The van der Waals surface area contributed by atoms with Crippen molar-refractivity contribution in [1.29, 1.82) is 0 Å². The van der Waals surface area contributed by atoms with E-state index in [0.29, 0.717) is 6.54 Å². The molecule has 0 aliphatic rings. The first-order valence-corrected chi connectivity index (χ1v) is 6.08. The van der Waals surface area contributed by atoms with Gasteiger partial charge in [0.2, 0.25) is 0 Å². The number of aromatic amines is 2. The van der Waals surface area contributed by atoms with Crippen LogP contribution in [0, 0.1) is 0 Å². The number of hydrogen-bond donors (Lipinski definition) is 5. The van der Waals surface area contributed by atoms with Crippen LogP contribution in [0.4, 0.5) is 5.69 Å². The molecule has 0 unspecified atom stereocenters. The zero-order chi connectivity index (χ0) is 14.1. The van der Waals surface area contributed by atoms with Gasteiger partial charge in [0, 0.05) is 12.2 Å². The lowest BCUT2D eigenvalue weighted by molar-refractivity contribution is 0.403. The predicted molar refractivity (Wildman–Crippen MR) is 76.0 cm³/mol. The lowest BCUT2D eigenvalue weighted by Crippen LogP contribution is -1.99. The van der Waals surface area contributed by atoms with Crippen molar-refractivity contribution >= 4 is 16.7 Å². The zero-order valence-corrected chi connectivity index (χ0v) is 10.5. The number of nitrogens with one attached hydrogen (secondary N) is 3. The Morgan fingerprint density at radius 1 is 0.950 bits per heavy atom. The van der Waals surface area contributed by atoms with Crippen LogP contribution in [0.3, 0.4) is 0 Å². The summed E-state index contributed by atoms with van der Waals surface area (Å²) in [5, 5.41) is 21.8. The molecular weight excluding hydrogens is 258 g/mol. The van der Waals surface area contributed by atoms with Crippen LogP contribution < -0.4 is 11.0 Å². The van der Waals surface area contributed by atoms with Crippen molar-refractivity contribution in [1.82, 2.24) is 9.97 Å². The van der Waals surface area contributed by atoms with E-state index in [-0.39, 0.29) is 17.2 Å². The van der Waals surface area contributed by atoms with Crippen molar-refractivity contribution in [2.24, 2.45) is 0 Å². The summed E-state index contributed by atoms with van der Waals surface area (Å²) in [6.45, 7) is 0.494. The predicted octanol–water partition coefficient (Wildman–Crippen LogP) is 1.88. The van der Waals surface area contributed by atoms with Crippen LogP contribution in [-0.4, -0.2) is 20.2 Å². The molecule has 0 amide bonds. The molecule has 0 radical (unpaired) electrons. The number of phenolic OH excluding ortho intramolecular Hbond substituents is 2. The second kappa shape index (κ2) is 4.65. The number of rotatable bonds is 3. The fraction of sp³-hybridized carbons (Fsp3) is 0.0714. The highest BCUT2D eigenvalue weighted by Crippen LogP contribution is 2.25. The number of aromatic nitrogens is 2. The number of hydrogen-bond acceptors (Lipinski definition) is 4. The molecule has 5 N–H and O–H groups in total. The lowest BCUT2D eigenvalue weighted by atomic mass is 10.2. The fourth-order valence-corrected chi connectivity index (χ4v) is 2.03. The SMILES string of the molecule is O=c1[nH]c2ccc(NCc3ccc(O)c(O)c3)cc2[nH]1. The molecule has 102 valence electrons. The molecule has 0 fully saturated rings. The molecule has 6 nitrogen and oxygen atoms in total. The van der Waals surface area contributed by atoms with Crippen LogP contribution in [-0.2, 0) is 6.54 Å². The molecule has 1 heterocycles. The van der Waals surface area contributed by atoms with Gasteiger partial charge in [-0.2, -0.15) is 0 Å². The van der Waals surface area contributed by atoms with Gasteiger partial charge in [-0.25, -0.2) is 4.79 Å². The van der Waals surface area contributed by atoms with E-state index in [1.54, 1.807) is 6.07 Å². The number of benzene rings is 2. The maximum Gasteiger partial charge on any atom is 0.323 e. The number of anilines is 1. The third-order valence-electron chi connectivity index (χ3n) is 3.05. The number of phenols is 2. The molecule has 6 heteroatoms. The summed E-state index contributed by atoms with van der Waals surface area (Å²) in [6.07, 6.45) is 0. The molecule has 0 spiro atoms. The molecule has 0 aliphatic heterocycles. The normalized spacial score (nSPS) is 10.8. The smallest absolute Gasteiger partial charge is 0.323 e. The number of fused-ring (bicyclic) bond motifs is 1. The molecule has 0 atom stereocenters. The van der Waals surface area contributed by atoms with E-state index in [1.807, 2.05) is 18.2 Å². The Morgan fingerprint density at radius 3 is 2.55 bits per heavy atom. The quantitative estimate of drug-likeness (QED) is 0.469. The van der Waals surface area contributed by atoms with Gasteiger partial charge in [-0.05, 0) is 35.9 Å². The summed E-state index contributed by atoms with van der Waals surface area (Å²) in [5.74, 6) is -0.283. The Morgan fingerprint density at radius 2 is 1.75 bits per heavy atom. The molecule has 0 saturated heterocycles. The van der Waals surface area contributed by atoms with Gasteiger partial charge in [-0.15, -0.1) is 0 Å². The van der Waals surface area contributed by atoms with Gasteiger partial charge < -0.3 is 25.5 Å². The van der Waals surface area contributed by atoms with E-state index < -0.39 is 0 Å². The van der Waals surface area contributed by atoms with Gasteiger partial charge in [0.25, 0.3) is 0 Å². The molecule has 2 aromatic carbocycles. The van der Waals surface area contributed by atoms with Crippen LogP contribution in [0.2, 0.25) is 0 Å². The van der Waals surface area contributed by atoms with Crippen LogP contribution in [0.25, 0.3) is 11.0 Å². The molecule has 0 aliphatic carbocycles. The first-order valence-electron chi connectivity index (χ1n) is 6.08. The minimum absolute atomic E-state index is 0.139. The summed E-state index contributed by atoms with van der Waals surface area (Å²) in [6, 6.07) is 10.2. The summed E-state index contributed by atoms with van der Waals surface area (Å²) < 4.78 is 0. The molecule has 1 aromatic heterocycles. The second-order valence-electron chi connectivity index (χ2n) is 4.52. The standard InChI is InChI=1S/C14H13N3O3/c18-12-4-1-8(5-13(12)19)7-15-9-2-3-10-11(6-9)17-14(20)16-10/h1-6,15,18-19H,7H2,(H2,16,17,20).